The number of hydrogen-bond donors (Lipinski definition) is 0. The van der Waals surface area contributed by atoms with E-state index >= 15 is 0 Å². The van der Waals surface area contributed by atoms with Crippen LogP contribution in [0.2, 0.25) is 0 Å². The van der Waals surface area contributed by atoms with Crippen molar-refractivity contribution in [3.8, 4) is 11.1 Å². The first-order valence-corrected chi connectivity index (χ1v) is 8.07. The van der Waals surface area contributed by atoms with Crippen LogP contribution < -0.4 is 0 Å². The second-order valence-electron chi connectivity index (χ2n) is 5.49. The van der Waals surface area contributed by atoms with E-state index < -0.39 is 5.60 Å². The van der Waals surface area contributed by atoms with E-state index in [0.717, 1.165) is 10.0 Å². The smallest absolute Gasteiger partial charge is 0.144 e. The average Bonchev–Trinajstić information content (AvgIpc) is 2.86. The molecule has 1 nitrogen and oxygen atoms in total. The lowest BCUT2D eigenvalue weighted by Crippen LogP contribution is -2.29. The van der Waals surface area contributed by atoms with Gasteiger partial charge in [0.05, 0.1) is 0 Å². The molecule has 1 aliphatic rings. The fraction of sp³-hybridized carbons (Fsp3) is 0.100. The topological polar surface area (TPSA) is 9.23 Å². The van der Waals surface area contributed by atoms with Gasteiger partial charge in [-0.3, -0.25) is 0 Å². The van der Waals surface area contributed by atoms with Gasteiger partial charge in [0.25, 0.3) is 0 Å². The van der Waals surface area contributed by atoms with Gasteiger partial charge >= 0.3 is 0 Å². The Hall–Kier alpha value is -1.90. The van der Waals surface area contributed by atoms with Gasteiger partial charge in [-0.2, -0.15) is 0 Å². The van der Waals surface area contributed by atoms with Crippen molar-refractivity contribution in [3.63, 3.8) is 0 Å². The van der Waals surface area contributed by atoms with E-state index in [4.69, 9.17) is 4.74 Å². The first-order chi connectivity index (χ1) is 10.8. The van der Waals surface area contributed by atoms with E-state index in [2.05, 4.69) is 82.7 Å². The van der Waals surface area contributed by atoms with Crippen LogP contribution in [0.3, 0.4) is 0 Å². The Morgan fingerprint density at radius 3 is 2.23 bits per heavy atom. The van der Waals surface area contributed by atoms with Crippen LogP contribution in [0, 0.1) is 0 Å². The number of hydrogen-bond acceptors (Lipinski definition) is 1. The highest BCUT2D eigenvalue weighted by molar-refractivity contribution is 9.10. The first kappa shape index (κ1) is 13.7. The van der Waals surface area contributed by atoms with Crippen molar-refractivity contribution in [2.24, 2.45) is 0 Å². The number of benzene rings is 3. The fourth-order valence-corrected chi connectivity index (χ4v) is 3.90. The molecule has 22 heavy (non-hydrogen) atoms. The SMILES string of the molecule is COC1(c2ccccc2)c2ccccc2-c2ccc(Br)cc21. The Morgan fingerprint density at radius 2 is 1.45 bits per heavy atom. The second-order valence-corrected chi connectivity index (χ2v) is 6.40. The number of fused-ring (bicyclic) bond motifs is 3. The molecule has 0 radical (unpaired) electrons. The van der Waals surface area contributed by atoms with E-state index in [1.54, 1.807) is 7.11 Å². The predicted octanol–water partition coefficient (Wildman–Crippen LogP) is 5.37. The maximum absolute atomic E-state index is 6.17. The lowest BCUT2D eigenvalue weighted by molar-refractivity contribution is 0.0624. The van der Waals surface area contributed by atoms with Gasteiger partial charge in [0.15, 0.2) is 0 Å². The van der Waals surface area contributed by atoms with Gasteiger partial charge in [-0.05, 0) is 28.8 Å². The summed E-state index contributed by atoms with van der Waals surface area (Å²) in [6, 6.07) is 25.4. The summed E-state index contributed by atoms with van der Waals surface area (Å²) in [6.45, 7) is 0. The van der Waals surface area contributed by atoms with Crippen LogP contribution in [0.25, 0.3) is 11.1 Å². The number of ether oxygens (including phenoxy) is 1. The Morgan fingerprint density at radius 1 is 0.773 bits per heavy atom. The van der Waals surface area contributed by atoms with Crippen LogP contribution in [0.1, 0.15) is 16.7 Å². The van der Waals surface area contributed by atoms with Gasteiger partial charge in [0.1, 0.15) is 5.60 Å². The van der Waals surface area contributed by atoms with Gasteiger partial charge in [0, 0.05) is 22.7 Å². The van der Waals surface area contributed by atoms with E-state index in [9.17, 15) is 0 Å². The molecular formula is C20H15BrO. The predicted molar refractivity (Wildman–Crippen MR) is 92.9 cm³/mol. The van der Waals surface area contributed by atoms with E-state index in [1.165, 1.54) is 22.3 Å². The molecule has 1 aliphatic carbocycles. The van der Waals surface area contributed by atoms with Crippen LogP contribution in [0.4, 0.5) is 0 Å². The monoisotopic (exact) mass is 350 g/mol. The van der Waals surface area contributed by atoms with Gasteiger partial charge in [-0.15, -0.1) is 0 Å². The highest BCUT2D eigenvalue weighted by Crippen LogP contribution is 2.53. The minimum absolute atomic E-state index is 0.545. The zero-order valence-electron chi connectivity index (χ0n) is 12.2. The van der Waals surface area contributed by atoms with Crippen molar-refractivity contribution >= 4 is 15.9 Å². The maximum atomic E-state index is 6.17. The molecule has 1 unspecified atom stereocenters. The van der Waals surface area contributed by atoms with E-state index in [-0.39, 0.29) is 0 Å². The molecule has 3 aromatic carbocycles. The van der Waals surface area contributed by atoms with Crippen molar-refractivity contribution in [2.45, 2.75) is 5.60 Å². The summed E-state index contributed by atoms with van der Waals surface area (Å²) >= 11 is 3.61. The molecule has 1 atom stereocenters. The summed E-state index contributed by atoms with van der Waals surface area (Å²) in [5.74, 6) is 0. The van der Waals surface area contributed by atoms with Gasteiger partial charge in [-0.1, -0.05) is 76.6 Å². The molecule has 0 spiro atoms. The fourth-order valence-electron chi connectivity index (χ4n) is 3.53. The molecule has 4 rings (SSSR count). The van der Waals surface area contributed by atoms with Gasteiger partial charge < -0.3 is 4.74 Å². The van der Waals surface area contributed by atoms with Crippen LogP contribution in [0.15, 0.2) is 77.3 Å². The molecule has 3 aromatic rings. The zero-order valence-corrected chi connectivity index (χ0v) is 13.8. The quantitative estimate of drug-likeness (QED) is 0.603. The molecule has 0 amide bonds. The van der Waals surface area contributed by atoms with Crippen molar-refractivity contribution < 1.29 is 4.74 Å². The first-order valence-electron chi connectivity index (χ1n) is 7.28. The van der Waals surface area contributed by atoms with Crippen LogP contribution in [0.5, 0.6) is 0 Å². The molecule has 0 N–H and O–H groups in total. The van der Waals surface area contributed by atoms with Crippen molar-refractivity contribution in [2.75, 3.05) is 7.11 Å². The molecule has 2 heteroatoms. The summed E-state index contributed by atoms with van der Waals surface area (Å²) in [5.41, 5.74) is 5.49. The molecule has 0 saturated carbocycles. The van der Waals surface area contributed by atoms with E-state index in [0.29, 0.717) is 0 Å². The highest BCUT2D eigenvalue weighted by atomic mass is 79.9. The Balaban J connectivity index is 2.13. The minimum atomic E-state index is -0.545. The summed E-state index contributed by atoms with van der Waals surface area (Å²) in [5, 5.41) is 0. The Kier molecular flexibility index (Phi) is 3.17. The molecular weight excluding hydrogens is 336 g/mol. The molecule has 0 fully saturated rings. The highest BCUT2D eigenvalue weighted by Gasteiger charge is 2.44. The standard InChI is InChI=1S/C20H15BrO/c1-22-20(14-7-3-2-4-8-14)18-10-6-5-9-16(18)17-12-11-15(21)13-19(17)20/h2-13H,1H3. The lowest BCUT2D eigenvalue weighted by atomic mass is 9.84. The van der Waals surface area contributed by atoms with Crippen LogP contribution in [-0.2, 0) is 10.3 Å². The number of rotatable bonds is 2. The third-order valence-corrected chi connectivity index (χ3v) is 4.94. The Bertz CT molecular complexity index is 841. The number of halogens is 1. The third kappa shape index (κ3) is 1.74. The molecule has 0 saturated heterocycles. The normalized spacial score (nSPS) is 18.8. The molecule has 0 aliphatic heterocycles. The van der Waals surface area contributed by atoms with Crippen LogP contribution in [-0.4, -0.2) is 7.11 Å². The summed E-state index contributed by atoms with van der Waals surface area (Å²) in [4.78, 5) is 0. The molecule has 108 valence electrons. The third-order valence-electron chi connectivity index (χ3n) is 4.44. The van der Waals surface area contributed by atoms with Crippen molar-refractivity contribution in [1.82, 2.24) is 0 Å². The summed E-state index contributed by atoms with van der Waals surface area (Å²) in [6.07, 6.45) is 0. The largest absolute Gasteiger partial charge is 0.364 e. The lowest BCUT2D eigenvalue weighted by Gasteiger charge is -2.31. The van der Waals surface area contributed by atoms with Gasteiger partial charge in [0.2, 0.25) is 0 Å². The zero-order chi connectivity index (χ0) is 15.2. The molecule has 0 bridgehead atoms. The second kappa shape index (κ2) is 5.08. The summed E-state index contributed by atoms with van der Waals surface area (Å²) < 4.78 is 7.24. The maximum Gasteiger partial charge on any atom is 0.144 e. The van der Waals surface area contributed by atoms with Crippen molar-refractivity contribution in [3.05, 3.63) is 94.0 Å². The minimum Gasteiger partial charge on any atom is -0.364 e. The summed E-state index contributed by atoms with van der Waals surface area (Å²) in [7, 11) is 1.79. The Labute approximate surface area is 138 Å². The average molecular weight is 351 g/mol. The molecule has 0 heterocycles. The van der Waals surface area contributed by atoms with E-state index in [1.807, 2.05) is 6.07 Å². The van der Waals surface area contributed by atoms with Crippen LogP contribution >= 0.6 is 15.9 Å². The molecule has 0 aromatic heterocycles. The number of methoxy groups -OCH3 is 1. The van der Waals surface area contributed by atoms with Crippen molar-refractivity contribution in [1.29, 1.82) is 0 Å². The van der Waals surface area contributed by atoms with Gasteiger partial charge in [-0.25, -0.2) is 0 Å².